The lowest BCUT2D eigenvalue weighted by molar-refractivity contribution is -0.132. The van der Waals surface area contributed by atoms with Crippen LogP contribution in [0.4, 0.5) is 0 Å². The van der Waals surface area contributed by atoms with Crippen LogP contribution in [0.5, 0.6) is 11.5 Å². The minimum absolute atomic E-state index is 0.213. The lowest BCUT2D eigenvalue weighted by Crippen LogP contribution is -2.03. The van der Waals surface area contributed by atoms with Crippen molar-refractivity contribution >= 4 is 23.9 Å². The fourth-order valence-corrected chi connectivity index (χ4v) is 1.69. The predicted octanol–water partition coefficient (Wildman–Crippen LogP) is 1.94. The van der Waals surface area contributed by atoms with Crippen molar-refractivity contribution < 1.29 is 23.8 Å². The zero-order valence-electron chi connectivity index (χ0n) is 11.3. The highest BCUT2D eigenvalue weighted by Gasteiger charge is 2.19. The Morgan fingerprint density at radius 2 is 2.10 bits per heavy atom. The number of hydrogen-bond acceptors (Lipinski definition) is 6. The molecular weight excluding hydrogens is 262 g/mol. The summed E-state index contributed by atoms with van der Waals surface area (Å²) in [5.74, 6) is 0.0849. The van der Waals surface area contributed by atoms with Crippen LogP contribution in [0.25, 0.3) is 6.08 Å². The van der Waals surface area contributed by atoms with Gasteiger partial charge in [0.1, 0.15) is 0 Å². The highest BCUT2D eigenvalue weighted by Crippen LogP contribution is 2.29. The van der Waals surface area contributed by atoms with Gasteiger partial charge in [-0.2, -0.15) is 0 Å². The van der Waals surface area contributed by atoms with Crippen molar-refractivity contribution in [2.24, 2.45) is 4.99 Å². The molecule has 0 amide bonds. The van der Waals surface area contributed by atoms with Crippen molar-refractivity contribution in [3.05, 3.63) is 29.5 Å². The number of rotatable bonds is 3. The highest BCUT2D eigenvalue weighted by molar-refractivity contribution is 6.06. The molecule has 2 rings (SSSR count). The van der Waals surface area contributed by atoms with Gasteiger partial charge in [0.15, 0.2) is 23.1 Å². The molecule has 20 heavy (non-hydrogen) atoms. The largest absolute Gasteiger partial charge is 0.493 e. The first-order chi connectivity index (χ1) is 9.49. The van der Waals surface area contributed by atoms with Gasteiger partial charge >= 0.3 is 11.9 Å². The van der Waals surface area contributed by atoms with Gasteiger partial charge in [-0.3, -0.25) is 4.79 Å². The molecule has 6 heteroatoms. The number of ether oxygens (including phenoxy) is 3. The van der Waals surface area contributed by atoms with Gasteiger partial charge in [-0.05, 0) is 23.8 Å². The summed E-state index contributed by atoms with van der Waals surface area (Å²) in [6, 6.07) is 4.91. The molecule has 0 bridgehead atoms. The summed E-state index contributed by atoms with van der Waals surface area (Å²) in [6.07, 6.45) is 1.57. The molecule has 0 aliphatic carbocycles. The van der Waals surface area contributed by atoms with Crippen molar-refractivity contribution in [3.63, 3.8) is 0 Å². The fraction of sp³-hybridized carbons (Fsp3) is 0.214. The molecular formula is C14H13NO5. The van der Waals surface area contributed by atoms with Crippen molar-refractivity contribution in [2.45, 2.75) is 13.8 Å². The molecule has 0 unspecified atom stereocenters. The quantitative estimate of drug-likeness (QED) is 0.479. The molecule has 0 aromatic heterocycles. The van der Waals surface area contributed by atoms with Crippen LogP contribution in [0, 0.1) is 0 Å². The van der Waals surface area contributed by atoms with Gasteiger partial charge in [0.25, 0.3) is 0 Å². The Morgan fingerprint density at radius 1 is 1.35 bits per heavy atom. The molecule has 1 heterocycles. The Hall–Kier alpha value is -2.63. The van der Waals surface area contributed by atoms with Gasteiger partial charge in [0.05, 0.1) is 7.11 Å². The molecule has 1 aliphatic rings. The standard InChI is InChI=1S/C14H13NO5/c1-8-15-11(14(17)19-8)6-10-4-5-12(20-9(2)16)13(7-10)18-3/h4-7H,1-3H3. The maximum atomic E-state index is 11.5. The first kappa shape index (κ1) is 13.8. The molecule has 0 radical (unpaired) electrons. The van der Waals surface area contributed by atoms with Crippen LogP contribution in [-0.2, 0) is 14.3 Å². The number of carbonyl (C=O) groups is 2. The number of nitrogens with zero attached hydrogens (tertiary/aromatic N) is 1. The summed E-state index contributed by atoms with van der Waals surface area (Å²) >= 11 is 0. The molecule has 0 atom stereocenters. The van der Waals surface area contributed by atoms with Crippen LogP contribution in [0.15, 0.2) is 28.9 Å². The van der Waals surface area contributed by atoms with Gasteiger partial charge in [-0.1, -0.05) is 6.07 Å². The average Bonchev–Trinajstić information content (AvgIpc) is 2.69. The minimum atomic E-state index is -0.495. The summed E-state index contributed by atoms with van der Waals surface area (Å²) in [4.78, 5) is 26.4. The second-order valence-corrected chi connectivity index (χ2v) is 4.05. The van der Waals surface area contributed by atoms with E-state index in [2.05, 4.69) is 4.99 Å². The van der Waals surface area contributed by atoms with E-state index >= 15 is 0 Å². The van der Waals surface area contributed by atoms with E-state index in [-0.39, 0.29) is 5.70 Å². The molecule has 1 aromatic rings. The molecule has 1 aliphatic heterocycles. The lowest BCUT2D eigenvalue weighted by atomic mass is 10.1. The summed E-state index contributed by atoms with van der Waals surface area (Å²) < 4.78 is 15.0. The molecule has 0 N–H and O–H groups in total. The smallest absolute Gasteiger partial charge is 0.363 e. The predicted molar refractivity (Wildman–Crippen MR) is 71.5 cm³/mol. The van der Waals surface area contributed by atoms with Gasteiger partial charge < -0.3 is 14.2 Å². The second-order valence-electron chi connectivity index (χ2n) is 4.05. The van der Waals surface area contributed by atoms with E-state index in [4.69, 9.17) is 14.2 Å². The molecule has 0 spiro atoms. The first-order valence-corrected chi connectivity index (χ1v) is 5.85. The van der Waals surface area contributed by atoms with Crippen LogP contribution >= 0.6 is 0 Å². The van der Waals surface area contributed by atoms with Gasteiger partial charge in [0, 0.05) is 13.8 Å². The maximum absolute atomic E-state index is 11.5. The fourth-order valence-electron chi connectivity index (χ4n) is 1.69. The van der Waals surface area contributed by atoms with E-state index in [1.54, 1.807) is 31.2 Å². The Kier molecular flexibility index (Phi) is 3.84. The van der Waals surface area contributed by atoms with Crippen molar-refractivity contribution in [3.8, 4) is 11.5 Å². The third-order valence-electron chi connectivity index (χ3n) is 2.47. The van der Waals surface area contributed by atoms with E-state index in [1.807, 2.05) is 0 Å². The molecule has 104 valence electrons. The summed E-state index contributed by atoms with van der Waals surface area (Å²) in [5, 5.41) is 0. The maximum Gasteiger partial charge on any atom is 0.363 e. The van der Waals surface area contributed by atoms with E-state index in [0.717, 1.165) is 0 Å². The molecule has 0 saturated carbocycles. The number of methoxy groups -OCH3 is 1. The summed E-state index contributed by atoms with van der Waals surface area (Å²) in [7, 11) is 1.46. The van der Waals surface area contributed by atoms with Crippen LogP contribution in [0.3, 0.4) is 0 Å². The van der Waals surface area contributed by atoms with Gasteiger partial charge in [-0.25, -0.2) is 9.79 Å². The molecule has 0 saturated heterocycles. The third-order valence-corrected chi connectivity index (χ3v) is 2.47. The van der Waals surface area contributed by atoms with E-state index in [1.165, 1.54) is 14.0 Å². The van der Waals surface area contributed by atoms with E-state index in [9.17, 15) is 9.59 Å². The lowest BCUT2D eigenvalue weighted by Gasteiger charge is -2.08. The number of aliphatic imine (C=N–C) groups is 1. The monoisotopic (exact) mass is 275 g/mol. The van der Waals surface area contributed by atoms with Crippen LogP contribution in [-0.4, -0.2) is 24.9 Å². The van der Waals surface area contributed by atoms with Gasteiger partial charge in [0.2, 0.25) is 0 Å². The van der Waals surface area contributed by atoms with Crippen LogP contribution in [0.2, 0.25) is 0 Å². The number of cyclic esters (lactones) is 1. The van der Waals surface area contributed by atoms with Crippen molar-refractivity contribution in [1.29, 1.82) is 0 Å². The molecule has 6 nitrogen and oxygen atoms in total. The van der Waals surface area contributed by atoms with Gasteiger partial charge in [-0.15, -0.1) is 0 Å². The van der Waals surface area contributed by atoms with Crippen LogP contribution in [0.1, 0.15) is 19.4 Å². The zero-order chi connectivity index (χ0) is 14.7. The third kappa shape index (κ3) is 3.03. The number of benzene rings is 1. The Balaban J connectivity index is 2.33. The van der Waals surface area contributed by atoms with E-state index < -0.39 is 11.9 Å². The van der Waals surface area contributed by atoms with Crippen molar-refractivity contribution in [2.75, 3.05) is 7.11 Å². The minimum Gasteiger partial charge on any atom is -0.493 e. The molecule has 0 fully saturated rings. The van der Waals surface area contributed by atoms with E-state index in [0.29, 0.717) is 23.0 Å². The zero-order valence-corrected chi connectivity index (χ0v) is 11.3. The van der Waals surface area contributed by atoms with Crippen molar-refractivity contribution in [1.82, 2.24) is 0 Å². The topological polar surface area (TPSA) is 74.2 Å². The Morgan fingerprint density at radius 3 is 2.65 bits per heavy atom. The second kappa shape index (κ2) is 5.56. The Labute approximate surface area is 115 Å². The average molecular weight is 275 g/mol. The number of esters is 2. The summed E-state index contributed by atoms with van der Waals surface area (Å²) in [6.45, 7) is 2.91. The number of carbonyl (C=O) groups excluding carboxylic acids is 2. The highest BCUT2D eigenvalue weighted by atomic mass is 16.6. The normalized spacial score (nSPS) is 15.8. The Bertz CT molecular complexity index is 630. The first-order valence-electron chi connectivity index (χ1n) is 5.85. The van der Waals surface area contributed by atoms with Crippen LogP contribution < -0.4 is 9.47 Å². The number of hydrogen-bond donors (Lipinski definition) is 0. The SMILES string of the molecule is COc1cc(C=C2N=C(C)OC2=O)ccc1OC(C)=O. The molecule has 1 aromatic carbocycles. The summed E-state index contributed by atoms with van der Waals surface area (Å²) in [5.41, 5.74) is 0.896.